The van der Waals surface area contributed by atoms with Crippen molar-refractivity contribution in [2.24, 2.45) is 0 Å². The largest absolute Gasteiger partial charge is 0.462 e. The lowest BCUT2D eigenvalue weighted by Crippen LogP contribution is -2.32. The average Bonchev–Trinajstić information content (AvgIpc) is 2.93. The van der Waals surface area contributed by atoms with Crippen LogP contribution < -0.4 is 10.2 Å². The molecule has 0 atom stereocenters. The molecule has 0 saturated heterocycles. The highest BCUT2D eigenvalue weighted by molar-refractivity contribution is 14.1. The van der Waals surface area contributed by atoms with Crippen molar-refractivity contribution in [1.29, 1.82) is 0 Å². The lowest BCUT2D eigenvalue weighted by atomic mass is 10.2. The number of anilines is 2. The zero-order chi connectivity index (χ0) is 21.8. The van der Waals surface area contributed by atoms with Crippen molar-refractivity contribution in [2.75, 3.05) is 16.8 Å². The first kappa shape index (κ1) is 22.3. The van der Waals surface area contributed by atoms with E-state index in [4.69, 9.17) is 16.3 Å². The monoisotopic (exact) mass is 538 g/mol. The summed E-state index contributed by atoms with van der Waals surface area (Å²) in [6.07, 6.45) is 1.72. The molecule has 6 nitrogen and oxygen atoms in total. The van der Waals surface area contributed by atoms with E-state index < -0.39 is 17.8 Å². The van der Waals surface area contributed by atoms with Gasteiger partial charge in [-0.25, -0.2) is 9.69 Å². The molecule has 0 radical (unpaired) electrons. The zero-order valence-corrected chi connectivity index (χ0v) is 19.4. The fourth-order valence-corrected chi connectivity index (χ4v) is 3.75. The number of esters is 1. The Balaban J connectivity index is 1.77. The Kier molecular flexibility index (Phi) is 7.14. The summed E-state index contributed by atoms with van der Waals surface area (Å²) in [5.41, 5.74) is 2.31. The van der Waals surface area contributed by atoms with Gasteiger partial charge in [-0.3, -0.25) is 9.59 Å². The van der Waals surface area contributed by atoms with Crippen LogP contribution in [-0.2, 0) is 14.3 Å². The number of ether oxygens (including phenoxy) is 1. The quantitative estimate of drug-likeness (QED) is 0.233. The number of carbonyl (C=O) groups excluding carboxylic acids is 3. The maximum Gasteiger partial charge on any atom is 0.338 e. The normalized spacial score (nSPS) is 13.8. The van der Waals surface area contributed by atoms with E-state index in [2.05, 4.69) is 27.9 Å². The van der Waals surface area contributed by atoms with Crippen molar-refractivity contribution in [1.82, 2.24) is 0 Å². The number of nitrogens with one attached hydrogen (secondary N) is 1. The SMILES string of the molecule is CCCCOC(=O)c1ccc(N2C(=O)C(Cl)=C(Nc3ccc(I)cc3C)C2=O)cc1. The van der Waals surface area contributed by atoms with Gasteiger partial charge in [0.05, 0.1) is 17.9 Å². The van der Waals surface area contributed by atoms with Crippen molar-refractivity contribution < 1.29 is 19.1 Å². The van der Waals surface area contributed by atoms with E-state index in [1.54, 1.807) is 0 Å². The van der Waals surface area contributed by atoms with Crippen LogP contribution >= 0.6 is 34.2 Å². The molecular weight excluding hydrogens is 519 g/mol. The fourth-order valence-electron chi connectivity index (χ4n) is 2.89. The molecule has 8 heteroatoms. The number of hydrogen-bond acceptors (Lipinski definition) is 5. The summed E-state index contributed by atoms with van der Waals surface area (Å²) in [5.74, 6) is -1.62. The Morgan fingerprint density at radius 1 is 1.13 bits per heavy atom. The molecule has 0 spiro atoms. The van der Waals surface area contributed by atoms with Crippen LogP contribution in [0.2, 0.25) is 0 Å². The summed E-state index contributed by atoms with van der Waals surface area (Å²) < 4.78 is 6.22. The van der Waals surface area contributed by atoms with Gasteiger partial charge in [-0.05, 0) is 84.0 Å². The summed E-state index contributed by atoms with van der Waals surface area (Å²) in [5, 5.41) is 2.80. The predicted octanol–water partition coefficient (Wildman–Crippen LogP) is 4.99. The van der Waals surface area contributed by atoms with Gasteiger partial charge in [-0.2, -0.15) is 0 Å². The molecule has 1 heterocycles. The highest BCUT2D eigenvalue weighted by atomic mass is 127. The first-order valence-electron chi connectivity index (χ1n) is 9.42. The van der Waals surface area contributed by atoms with Gasteiger partial charge < -0.3 is 10.1 Å². The number of nitrogens with zero attached hydrogens (tertiary/aromatic N) is 1. The van der Waals surface area contributed by atoms with Gasteiger partial charge in [-0.15, -0.1) is 0 Å². The van der Waals surface area contributed by atoms with Crippen LogP contribution in [0.4, 0.5) is 11.4 Å². The van der Waals surface area contributed by atoms with Crippen molar-refractivity contribution in [3.8, 4) is 0 Å². The first-order valence-corrected chi connectivity index (χ1v) is 10.9. The molecule has 0 unspecified atom stereocenters. The molecule has 30 heavy (non-hydrogen) atoms. The lowest BCUT2D eigenvalue weighted by molar-refractivity contribution is -0.120. The Morgan fingerprint density at radius 3 is 2.47 bits per heavy atom. The van der Waals surface area contributed by atoms with E-state index in [9.17, 15) is 14.4 Å². The smallest absolute Gasteiger partial charge is 0.338 e. The van der Waals surface area contributed by atoms with Crippen molar-refractivity contribution in [3.05, 3.63) is 67.9 Å². The molecule has 2 aromatic rings. The minimum atomic E-state index is -0.620. The van der Waals surface area contributed by atoms with Gasteiger partial charge >= 0.3 is 5.97 Å². The van der Waals surface area contributed by atoms with E-state index in [0.717, 1.165) is 26.9 Å². The van der Waals surface area contributed by atoms with E-state index in [0.29, 0.717) is 23.5 Å². The minimum Gasteiger partial charge on any atom is -0.462 e. The number of halogens is 2. The van der Waals surface area contributed by atoms with Crippen LogP contribution in [0.25, 0.3) is 0 Å². The number of hydrogen-bond donors (Lipinski definition) is 1. The van der Waals surface area contributed by atoms with Crippen molar-refractivity contribution in [2.45, 2.75) is 26.7 Å². The van der Waals surface area contributed by atoms with Gasteiger partial charge in [0.2, 0.25) is 0 Å². The van der Waals surface area contributed by atoms with Gasteiger partial charge in [0.1, 0.15) is 10.7 Å². The number of imide groups is 1. The Bertz CT molecular complexity index is 1030. The number of aryl methyl sites for hydroxylation is 1. The molecule has 0 fully saturated rings. The standard InChI is InChI=1S/C22H20ClIN2O4/c1-3-4-11-30-22(29)14-5-8-16(9-6-14)26-20(27)18(23)19(21(26)28)25-17-10-7-15(24)12-13(17)2/h5-10,12,25H,3-4,11H2,1-2H3. The molecule has 156 valence electrons. The molecule has 2 amide bonds. The van der Waals surface area contributed by atoms with E-state index >= 15 is 0 Å². The summed E-state index contributed by atoms with van der Waals surface area (Å²) in [4.78, 5) is 38.6. The average molecular weight is 539 g/mol. The predicted molar refractivity (Wildman–Crippen MR) is 125 cm³/mol. The highest BCUT2D eigenvalue weighted by Gasteiger charge is 2.39. The molecular formula is C22H20ClIN2O4. The Labute approximate surface area is 193 Å². The molecule has 0 saturated carbocycles. The van der Waals surface area contributed by atoms with E-state index in [-0.39, 0.29) is 10.7 Å². The molecule has 0 aliphatic carbocycles. The second-order valence-corrected chi connectivity index (χ2v) is 8.38. The zero-order valence-electron chi connectivity index (χ0n) is 16.5. The van der Waals surface area contributed by atoms with Crippen LogP contribution in [0.5, 0.6) is 0 Å². The second-order valence-electron chi connectivity index (χ2n) is 6.76. The summed E-state index contributed by atoms with van der Waals surface area (Å²) >= 11 is 8.38. The minimum absolute atomic E-state index is 0.0222. The Morgan fingerprint density at radius 2 is 1.83 bits per heavy atom. The summed E-state index contributed by atoms with van der Waals surface area (Å²) in [7, 11) is 0. The highest BCUT2D eigenvalue weighted by Crippen LogP contribution is 2.31. The number of carbonyl (C=O) groups is 3. The molecule has 0 aromatic heterocycles. The first-order chi connectivity index (χ1) is 14.3. The molecule has 1 N–H and O–H groups in total. The van der Waals surface area contributed by atoms with E-state index in [1.165, 1.54) is 24.3 Å². The van der Waals surface area contributed by atoms with Crippen LogP contribution in [0.3, 0.4) is 0 Å². The van der Waals surface area contributed by atoms with Crippen molar-refractivity contribution >= 4 is 63.4 Å². The van der Waals surface area contributed by atoms with Gasteiger partial charge in [0.25, 0.3) is 11.8 Å². The molecule has 1 aliphatic rings. The molecule has 3 rings (SSSR count). The Hall–Kier alpha value is -2.39. The number of amides is 2. The van der Waals surface area contributed by atoms with E-state index in [1.807, 2.05) is 32.0 Å². The maximum absolute atomic E-state index is 12.9. The van der Waals surface area contributed by atoms with Crippen LogP contribution in [0.1, 0.15) is 35.7 Å². The lowest BCUT2D eigenvalue weighted by Gasteiger charge is -2.16. The van der Waals surface area contributed by atoms with Gasteiger partial charge in [0.15, 0.2) is 0 Å². The second kappa shape index (κ2) is 9.61. The number of unbranched alkanes of at least 4 members (excludes halogenated alkanes) is 1. The van der Waals surface area contributed by atoms with Crippen molar-refractivity contribution in [3.63, 3.8) is 0 Å². The van der Waals surface area contributed by atoms with Gasteiger partial charge in [-0.1, -0.05) is 24.9 Å². The third-order valence-corrected chi connectivity index (χ3v) is 5.59. The third-order valence-electron chi connectivity index (χ3n) is 4.57. The summed E-state index contributed by atoms with van der Waals surface area (Å²) in [6.45, 7) is 4.26. The maximum atomic E-state index is 12.9. The topological polar surface area (TPSA) is 75.7 Å². The molecule has 2 aromatic carbocycles. The van der Waals surface area contributed by atoms with Crippen LogP contribution in [0.15, 0.2) is 53.2 Å². The van der Waals surface area contributed by atoms with Gasteiger partial charge in [0, 0.05) is 9.26 Å². The number of rotatable bonds is 7. The fraction of sp³-hybridized carbons (Fsp3) is 0.227. The third kappa shape index (κ3) is 4.67. The number of benzene rings is 2. The molecule has 0 bridgehead atoms. The van der Waals surface area contributed by atoms with Crippen LogP contribution in [-0.4, -0.2) is 24.4 Å². The summed E-state index contributed by atoms with van der Waals surface area (Å²) in [6, 6.07) is 11.8. The van der Waals surface area contributed by atoms with Crippen LogP contribution in [0, 0.1) is 10.5 Å². The molecule has 1 aliphatic heterocycles.